The van der Waals surface area contributed by atoms with Gasteiger partial charge in [0.1, 0.15) is 11.5 Å². The maximum atomic E-state index is 11.9. The van der Waals surface area contributed by atoms with Crippen molar-refractivity contribution in [2.75, 3.05) is 5.33 Å². The van der Waals surface area contributed by atoms with Crippen LogP contribution in [0.4, 0.5) is 0 Å². The van der Waals surface area contributed by atoms with E-state index in [9.17, 15) is 15.0 Å². The van der Waals surface area contributed by atoms with E-state index in [2.05, 4.69) is 15.9 Å². The number of unbranched alkanes of at least 4 members (excludes halogenated alkanes) is 7. The molecule has 0 unspecified atom stereocenters. The number of carbonyl (C=O) groups excluding carboxylic acids is 1. The zero-order valence-corrected chi connectivity index (χ0v) is 14.1. The van der Waals surface area contributed by atoms with Gasteiger partial charge < -0.3 is 10.2 Å². The summed E-state index contributed by atoms with van der Waals surface area (Å²) in [5.74, 6) is -0.134. The summed E-state index contributed by atoms with van der Waals surface area (Å²) in [4.78, 5) is 11.9. The van der Waals surface area contributed by atoms with Crippen LogP contribution in [0, 0.1) is 0 Å². The quantitative estimate of drug-likeness (QED) is 0.248. The van der Waals surface area contributed by atoms with Crippen LogP contribution in [0.15, 0.2) is 18.2 Å². The topological polar surface area (TPSA) is 57.5 Å². The van der Waals surface area contributed by atoms with E-state index in [1.165, 1.54) is 50.3 Å². The molecule has 0 spiro atoms. The predicted octanol–water partition coefficient (Wildman–Crippen LogP) is 5.19. The third-order valence-corrected chi connectivity index (χ3v) is 4.13. The first-order valence-electron chi connectivity index (χ1n) is 7.76. The van der Waals surface area contributed by atoms with E-state index in [4.69, 9.17) is 0 Å². The third kappa shape index (κ3) is 7.51. The Kier molecular flexibility index (Phi) is 9.15. The Morgan fingerprint density at radius 2 is 1.48 bits per heavy atom. The second-order valence-corrected chi connectivity index (χ2v) is 6.19. The average molecular weight is 357 g/mol. The zero-order chi connectivity index (χ0) is 15.5. The zero-order valence-electron chi connectivity index (χ0n) is 12.5. The molecular weight excluding hydrogens is 332 g/mol. The normalized spacial score (nSPS) is 10.7. The lowest BCUT2D eigenvalue weighted by Gasteiger charge is -2.05. The van der Waals surface area contributed by atoms with Gasteiger partial charge in [-0.05, 0) is 31.0 Å². The van der Waals surface area contributed by atoms with Crippen LogP contribution in [0.3, 0.4) is 0 Å². The van der Waals surface area contributed by atoms with Crippen molar-refractivity contribution in [1.82, 2.24) is 0 Å². The molecule has 21 heavy (non-hydrogen) atoms. The number of phenolic OH excluding ortho intramolecular Hbond substituents is 2. The number of ketones is 1. The number of hydrogen-bond acceptors (Lipinski definition) is 3. The number of halogens is 1. The van der Waals surface area contributed by atoms with Crippen LogP contribution in [0.2, 0.25) is 0 Å². The summed E-state index contributed by atoms with van der Waals surface area (Å²) in [6, 6.07) is 4.07. The molecule has 0 radical (unpaired) electrons. The third-order valence-electron chi connectivity index (χ3n) is 3.57. The number of benzene rings is 1. The fourth-order valence-electron chi connectivity index (χ4n) is 2.32. The van der Waals surface area contributed by atoms with Gasteiger partial charge in [0.25, 0.3) is 0 Å². The van der Waals surface area contributed by atoms with Gasteiger partial charge >= 0.3 is 0 Å². The van der Waals surface area contributed by atoms with E-state index in [-0.39, 0.29) is 22.8 Å². The molecule has 0 heterocycles. The SMILES string of the molecule is O=C(CCCCCCCCCCBr)c1cc(O)ccc1O. The van der Waals surface area contributed by atoms with Gasteiger partial charge in [0.15, 0.2) is 5.78 Å². The lowest BCUT2D eigenvalue weighted by Crippen LogP contribution is -1.99. The summed E-state index contributed by atoms with van der Waals surface area (Å²) in [7, 11) is 0. The van der Waals surface area contributed by atoms with Crippen LogP contribution in [0.5, 0.6) is 11.5 Å². The maximum Gasteiger partial charge on any atom is 0.166 e. The van der Waals surface area contributed by atoms with E-state index in [1.54, 1.807) is 0 Å². The number of phenols is 2. The highest BCUT2D eigenvalue weighted by Crippen LogP contribution is 2.24. The summed E-state index contributed by atoms with van der Waals surface area (Å²) in [5.41, 5.74) is 0.227. The molecule has 1 aromatic rings. The monoisotopic (exact) mass is 356 g/mol. The Morgan fingerprint density at radius 1 is 0.905 bits per heavy atom. The maximum absolute atomic E-state index is 11.9. The summed E-state index contributed by atoms with van der Waals surface area (Å²) in [6.45, 7) is 0. The van der Waals surface area contributed by atoms with Crippen LogP contribution in [0.1, 0.15) is 68.1 Å². The molecule has 1 rings (SSSR count). The minimum atomic E-state index is -0.0966. The van der Waals surface area contributed by atoms with Crippen molar-refractivity contribution < 1.29 is 15.0 Å². The van der Waals surface area contributed by atoms with Gasteiger partial charge in [0.05, 0.1) is 5.56 Å². The smallest absolute Gasteiger partial charge is 0.166 e. The predicted molar refractivity (Wildman–Crippen MR) is 89.4 cm³/mol. The Hall–Kier alpha value is -1.03. The molecule has 0 atom stereocenters. The average Bonchev–Trinajstić information content (AvgIpc) is 2.48. The Balaban J connectivity index is 2.12. The number of Topliss-reactive ketones (excluding diaryl/α,β-unsaturated/α-hetero) is 1. The molecule has 0 saturated heterocycles. The molecule has 0 aliphatic carbocycles. The highest BCUT2D eigenvalue weighted by molar-refractivity contribution is 9.09. The van der Waals surface area contributed by atoms with Crippen LogP contribution in [-0.2, 0) is 0 Å². The number of alkyl halides is 1. The van der Waals surface area contributed by atoms with Gasteiger partial charge in [0, 0.05) is 11.8 Å². The van der Waals surface area contributed by atoms with Crippen LogP contribution < -0.4 is 0 Å². The van der Waals surface area contributed by atoms with Crippen molar-refractivity contribution in [3.8, 4) is 11.5 Å². The molecule has 0 amide bonds. The molecule has 0 aromatic heterocycles. The van der Waals surface area contributed by atoms with Gasteiger partial charge in [-0.25, -0.2) is 0 Å². The van der Waals surface area contributed by atoms with E-state index < -0.39 is 0 Å². The fraction of sp³-hybridized carbons (Fsp3) is 0.588. The second-order valence-electron chi connectivity index (χ2n) is 5.39. The van der Waals surface area contributed by atoms with Crippen molar-refractivity contribution in [3.05, 3.63) is 23.8 Å². The number of hydrogen-bond donors (Lipinski definition) is 2. The lowest BCUT2D eigenvalue weighted by molar-refractivity contribution is 0.0976. The largest absolute Gasteiger partial charge is 0.508 e. The van der Waals surface area contributed by atoms with Gasteiger partial charge in [0.2, 0.25) is 0 Å². The van der Waals surface area contributed by atoms with Crippen molar-refractivity contribution in [2.45, 2.75) is 57.8 Å². The first-order chi connectivity index (χ1) is 10.1. The molecule has 4 heteroatoms. The molecule has 0 saturated carbocycles. The summed E-state index contributed by atoms with van der Waals surface area (Å²) in [5, 5.41) is 20.1. The van der Waals surface area contributed by atoms with Gasteiger partial charge in [-0.1, -0.05) is 54.5 Å². The lowest BCUT2D eigenvalue weighted by atomic mass is 10.0. The molecule has 0 fully saturated rings. The highest BCUT2D eigenvalue weighted by Gasteiger charge is 2.11. The van der Waals surface area contributed by atoms with Gasteiger partial charge in [-0.3, -0.25) is 4.79 Å². The van der Waals surface area contributed by atoms with Crippen molar-refractivity contribution in [2.24, 2.45) is 0 Å². The van der Waals surface area contributed by atoms with Crippen LogP contribution in [-0.4, -0.2) is 21.3 Å². The van der Waals surface area contributed by atoms with Gasteiger partial charge in [-0.2, -0.15) is 0 Å². The van der Waals surface area contributed by atoms with Crippen LogP contribution >= 0.6 is 15.9 Å². The van der Waals surface area contributed by atoms with Crippen LogP contribution in [0.25, 0.3) is 0 Å². The van der Waals surface area contributed by atoms with Crippen molar-refractivity contribution in [3.63, 3.8) is 0 Å². The number of aromatic hydroxyl groups is 2. The minimum absolute atomic E-state index is 0.0135. The minimum Gasteiger partial charge on any atom is -0.508 e. The molecule has 3 nitrogen and oxygen atoms in total. The standard InChI is InChI=1S/C17H25BrO3/c18-12-8-6-4-2-1-3-5-7-9-16(20)15-13-14(19)10-11-17(15)21/h10-11,13,19,21H,1-9,12H2. The molecule has 2 N–H and O–H groups in total. The molecule has 118 valence electrons. The molecule has 0 aliphatic heterocycles. The van der Waals surface area contributed by atoms with E-state index in [0.29, 0.717) is 6.42 Å². The second kappa shape index (κ2) is 10.7. The van der Waals surface area contributed by atoms with E-state index >= 15 is 0 Å². The first kappa shape index (κ1) is 18.0. The van der Waals surface area contributed by atoms with Crippen molar-refractivity contribution in [1.29, 1.82) is 0 Å². The summed E-state index contributed by atoms with van der Waals surface area (Å²) in [6.07, 6.45) is 9.82. The number of carbonyl (C=O) groups is 1. The summed E-state index contributed by atoms with van der Waals surface area (Å²) >= 11 is 3.43. The van der Waals surface area contributed by atoms with E-state index in [1.807, 2.05) is 0 Å². The van der Waals surface area contributed by atoms with Gasteiger partial charge in [-0.15, -0.1) is 0 Å². The molecule has 1 aromatic carbocycles. The Morgan fingerprint density at radius 3 is 2.10 bits per heavy atom. The highest BCUT2D eigenvalue weighted by atomic mass is 79.9. The number of rotatable bonds is 11. The molecule has 0 aliphatic rings. The summed E-state index contributed by atoms with van der Waals surface area (Å²) < 4.78 is 0. The Bertz CT molecular complexity index is 432. The van der Waals surface area contributed by atoms with Crippen molar-refractivity contribution >= 4 is 21.7 Å². The molecular formula is C17H25BrO3. The Labute approximate surface area is 135 Å². The molecule has 0 bridgehead atoms. The first-order valence-corrected chi connectivity index (χ1v) is 8.88. The fourth-order valence-corrected chi connectivity index (χ4v) is 2.72. The van der Waals surface area contributed by atoms with E-state index in [0.717, 1.165) is 24.6 Å².